The van der Waals surface area contributed by atoms with Gasteiger partial charge < -0.3 is 5.11 Å². The van der Waals surface area contributed by atoms with Gasteiger partial charge in [-0.05, 0) is 56.3 Å². The lowest BCUT2D eigenvalue weighted by Gasteiger charge is -2.43. The molecule has 100 valence electrons. The fraction of sp³-hybridized carbons (Fsp3) is 1.00. The first-order chi connectivity index (χ1) is 8.08. The number of hydrogen-bond donors (Lipinski definition) is 1. The smallest absolute Gasteiger partial charge is 0.0650 e. The number of aliphatic hydroxyl groups is 1. The Morgan fingerprint density at radius 1 is 1.00 bits per heavy atom. The number of hydrogen-bond acceptors (Lipinski definition) is 1. The molecule has 0 aliphatic heterocycles. The second kappa shape index (κ2) is 5.30. The van der Waals surface area contributed by atoms with Crippen molar-refractivity contribution in [3.05, 3.63) is 0 Å². The highest BCUT2D eigenvalue weighted by Gasteiger charge is 2.43. The summed E-state index contributed by atoms with van der Waals surface area (Å²) in [5, 5.41) is 10.7. The molecule has 1 spiro atoms. The van der Waals surface area contributed by atoms with Crippen molar-refractivity contribution in [2.45, 2.75) is 90.1 Å². The van der Waals surface area contributed by atoms with Crippen LogP contribution in [0.3, 0.4) is 0 Å². The molecule has 1 heteroatoms. The standard InChI is InChI=1S/C16H30O/c1-3-6-14(2)13-16(17)11-9-15(10-12-16)7-4-5-8-15/h14,17H,3-13H2,1-2H3. The molecule has 0 aromatic rings. The van der Waals surface area contributed by atoms with E-state index in [1.807, 2.05) is 0 Å². The Kier molecular flexibility index (Phi) is 4.18. The van der Waals surface area contributed by atoms with Gasteiger partial charge in [-0.15, -0.1) is 0 Å². The normalized spacial score (nSPS) is 28.4. The largest absolute Gasteiger partial charge is 0.390 e. The molecule has 0 amide bonds. The summed E-state index contributed by atoms with van der Waals surface area (Å²) in [5.74, 6) is 0.697. The molecule has 17 heavy (non-hydrogen) atoms. The topological polar surface area (TPSA) is 20.2 Å². The lowest BCUT2D eigenvalue weighted by molar-refractivity contribution is -0.0487. The molecular weight excluding hydrogens is 208 g/mol. The molecule has 2 rings (SSSR count). The van der Waals surface area contributed by atoms with Crippen molar-refractivity contribution in [3.8, 4) is 0 Å². The molecule has 1 nitrogen and oxygen atoms in total. The minimum Gasteiger partial charge on any atom is -0.390 e. The summed E-state index contributed by atoms with van der Waals surface area (Å²) in [6, 6.07) is 0. The van der Waals surface area contributed by atoms with E-state index in [9.17, 15) is 5.11 Å². The molecule has 2 saturated carbocycles. The maximum absolute atomic E-state index is 10.7. The van der Waals surface area contributed by atoms with Crippen molar-refractivity contribution in [2.75, 3.05) is 0 Å². The summed E-state index contributed by atoms with van der Waals surface area (Å²) in [6.07, 6.45) is 14.0. The summed E-state index contributed by atoms with van der Waals surface area (Å²) in [6.45, 7) is 4.55. The van der Waals surface area contributed by atoms with E-state index in [0.29, 0.717) is 11.3 Å². The molecule has 0 aromatic carbocycles. The van der Waals surface area contributed by atoms with E-state index in [-0.39, 0.29) is 5.60 Å². The quantitative estimate of drug-likeness (QED) is 0.754. The van der Waals surface area contributed by atoms with Crippen molar-refractivity contribution in [2.24, 2.45) is 11.3 Å². The highest BCUT2D eigenvalue weighted by atomic mass is 16.3. The van der Waals surface area contributed by atoms with Gasteiger partial charge in [-0.25, -0.2) is 0 Å². The highest BCUT2D eigenvalue weighted by Crippen LogP contribution is 2.52. The molecule has 2 aliphatic rings. The van der Waals surface area contributed by atoms with E-state index in [0.717, 1.165) is 19.3 Å². The van der Waals surface area contributed by atoms with Gasteiger partial charge in [0.15, 0.2) is 0 Å². The maximum atomic E-state index is 10.7. The second-order valence-electron chi connectivity index (χ2n) is 7.03. The predicted octanol–water partition coefficient (Wildman–Crippen LogP) is 4.68. The summed E-state index contributed by atoms with van der Waals surface area (Å²) in [4.78, 5) is 0. The zero-order valence-corrected chi connectivity index (χ0v) is 11.8. The average Bonchev–Trinajstić information content (AvgIpc) is 2.73. The third kappa shape index (κ3) is 3.24. The summed E-state index contributed by atoms with van der Waals surface area (Å²) in [5.41, 5.74) is 0.336. The predicted molar refractivity (Wildman–Crippen MR) is 73.0 cm³/mol. The Bertz CT molecular complexity index is 230. The Balaban J connectivity index is 1.84. The third-order valence-corrected chi connectivity index (χ3v) is 5.42. The molecule has 0 heterocycles. The molecule has 1 atom stereocenters. The van der Waals surface area contributed by atoms with Gasteiger partial charge in [-0.2, -0.15) is 0 Å². The van der Waals surface area contributed by atoms with Crippen molar-refractivity contribution < 1.29 is 5.11 Å². The molecule has 1 unspecified atom stereocenters. The Morgan fingerprint density at radius 2 is 1.59 bits per heavy atom. The Morgan fingerprint density at radius 3 is 2.12 bits per heavy atom. The van der Waals surface area contributed by atoms with Crippen LogP contribution in [0.1, 0.15) is 84.5 Å². The van der Waals surface area contributed by atoms with Crippen molar-refractivity contribution in [3.63, 3.8) is 0 Å². The van der Waals surface area contributed by atoms with Crippen LogP contribution in [0, 0.1) is 11.3 Å². The van der Waals surface area contributed by atoms with Crippen LogP contribution in [0.4, 0.5) is 0 Å². The van der Waals surface area contributed by atoms with Gasteiger partial charge in [0.1, 0.15) is 0 Å². The van der Waals surface area contributed by atoms with Crippen molar-refractivity contribution >= 4 is 0 Å². The van der Waals surface area contributed by atoms with Crippen molar-refractivity contribution in [1.29, 1.82) is 0 Å². The highest BCUT2D eigenvalue weighted by molar-refractivity contribution is 4.95. The van der Waals surface area contributed by atoms with Crippen LogP contribution in [0.15, 0.2) is 0 Å². The van der Waals surface area contributed by atoms with Gasteiger partial charge in [0, 0.05) is 0 Å². The fourth-order valence-corrected chi connectivity index (χ4v) is 4.32. The van der Waals surface area contributed by atoms with Crippen LogP contribution < -0.4 is 0 Å². The third-order valence-electron chi connectivity index (χ3n) is 5.42. The summed E-state index contributed by atoms with van der Waals surface area (Å²) < 4.78 is 0. The van der Waals surface area contributed by atoms with E-state index in [2.05, 4.69) is 13.8 Å². The van der Waals surface area contributed by atoms with Crippen LogP contribution in [-0.2, 0) is 0 Å². The zero-order chi connectivity index (χ0) is 12.4. The molecule has 0 aromatic heterocycles. The Hall–Kier alpha value is -0.0400. The van der Waals surface area contributed by atoms with E-state index < -0.39 is 0 Å². The molecule has 2 aliphatic carbocycles. The molecular formula is C16H30O. The number of rotatable bonds is 4. The van der Waals surface area contributed by atoms with Crippen LogP contribution in [0.5, 0.6) is 0 Å². The van der Waals surface area contributed by atoms with Gasteiger partial charge in [0.25, 0.3) is 0 Å². The van der Waals surface area contributed by atoms with E-state index in [1.54, 1.807) is 0 Å². The van der Waals surface area contributed by atoms with Crippen LogP contribution >= 0.6 is 0 Å². The summed E-state index contributed by atoms with van der Waals surface area (Å²) >= 11 is 0. The molecule has 1 N–H and O–H groups in total. The molecule has 0 bridgehead atoms. The Labute approximate surface area is 107 Å². The van der Waals surface area contributed by atoms with Crippen LogP contribution in [0.25, 0.3) is 0 Å². The van der Waals surface area contributed by atoms with Crippen LogP contribution in [-0.4, -0.2) is 10.7 Å². The SMILES string of the molecule is CCCC(C)CC1(O)CCC2(CCCC2)CC1. The van der Waals surface area contributed by atoms with Gasteiger partial charge in [-0.1, -0.05) is 39.5 Å². The van der Waals surface area contributed by atoms with Gasteiger partial charge >= 0.3 is 0 Å². The second-order valence-corrected chi connectivity index (χ2v) is 7.03. The van der Waals surface area contributed by atoms with E-state index >= 15 is 0 Å². The monoisotopic (exact) mass is 238 g/mol. The summed E-state index contributed by atoms with van der Waals surface area (Å²) in [7, 11) is 0. The van der Waals surface area contributed by atoms with Gasteiger partial charge in [0.2, 0.25) is 0 Å². The fourth-order valence-electron chi connectivity index (χ4n) is 4.32. The zero-order valence-electron chi connectivity index (χ0n) is 11.8. The minimum atomic E-state index is -0.317. The lowest BCUT2D eigenvalue weighted by Crippen LogP contribution is -2.39. The molecule has 2 fully saturated rings. The van der Waals surface area contributed by atoms with Gasteiger partial charge in [-0.3, -0.25) is 0 Å². The first-order valence-corrected chi connectivity index (χ1v) is 7.80. The lowest BCUT2D eigenvalue weighted by atomic mass is 9.66. The van der Waals surface area contributed by atoms with E-state index in [4.69, 9.17) is 0 Å². The average molecular weight is 238 g/mol. The maximum Gasteiger partial charge on any atom is 0.0650 e. The molecule has 0 saturated heterocycles. The van der Waals surface area contributed by atoms with Gasteiger partial charge in [0.05, 0.1) is 5.60 Å². The molecule has 0 radical (unpaired) electrons. The first-order valence-electron chi connectivity index (χ1n) is 7.80. The minimum absolute atomic E-state index is 0.317. The van der Waals surface area contributed by atoms with E-state index in [1.165, 1.54) is 51.4 Å². The van der Waals surface area contributed by atoms with Crippen LogP contribution in [0.2, 0.25) is 0 Å². The first kappa shape index (κ1) is 13.4. The van der Waals surface area contributed by atoms with Crippen molar-refractivity contribution in [1.82, 2.24) is 0 Å².